The van der Waals surface area contributed by atoms with Gasteiger partial charge in [-0.25, -0.2) is 0 Å². The Kier molecular flexibility index (Phi) is 5.77. The zero-order valence-electron chi connectivity index (χ0n) is 11.9. The SMILES string of the molecule is Cc1cccc(OCC(=O)Nc2ccccc2SC(F)F)c1. The minimum absolute atomic E-state index is 0.183. The van der Waals surface area contributed by atoms with Crippen LogP contribution in [0.1, 0.15) is 5.56 Å². The van der Waals surface area contributed by atoms with Gasteiger partial charge in [-0.2, -0.15) is 8.78 Å². The number of halogens is 2. The van der Waals surface area contributed by atoms with Crippen molar-refractivity contribution in [3.63, 3.8) is 0 Å². The minimum Gasteiger partial charge on any atom is -0.484 e. The predicted molar refractivity (Wildman–Crippen MR) is 83.6 cm³/mol. The van der Waals surface area contributed by atoms with E-state index in [0.29, 0.717) is 28.1 Å². The lowest BCUT2D eigenvalue weighted by Gasteiger charge is -2.11. The molecule has 1 N–H and O–H groups in total. The average Bonchev–Trinajstić information content (AvgIpc) is 2.47. The van der Waals surface area contributed by atoms with Gasteiger partial charge < -0.3 is 10.1 Å². The summed E-state index contributed by atoms with van der Waals surface area (Å²) in [5, 5.41) is 2.58. The Morgan fingerprint density at radius 1 is 1.23 bits per heavy atom. The van der Waals surface area contributed by atoms with Crippen LogP contribution in [0.5, 0.6) is 5.75 Å². The third-order valence-electron chi connectivity index (χ3n) is 2.74. The Balaban J connectivity index is 1.95. The Morgan fingerprint density at radius 2 is 2.00 bits per heavy atom. The summed E-state index contributed by atoms with van der Waals surface area (Å²) in [4.78, 5) is 12.2. The maximum atomic E-state index is 12.5. The highest BCUT2D eigenvalue weighted by Gasteiger charge is 2.12. The van der Waals surface area contributed by atoms with E-state index in [1.807, 2.05) is 25.1 Å². The zero-order chi connectivity index (χ0) is 15.9. The molecule has 2 rings (SSSR count). The normalized spacial score (nSPS) is 10.5. The topological polar surface area (TPSA) is 38.3 Å². The largest absolute Gasteiger partial charge is 0.484 e. The molecule has 0 bridgehead atoms. The molecule has 0 radical (unpaired) electrons. The van der Waals surface area contributed by atoms with Crippen LogP contribution >= 0.6 is 11.8 Å². The molecule has 0 unspecified atom stereocenters. The molecule has 0 aliphatic carbocycles. The van der Waals surface area contributed by atoms with Gasteiger partial charge in [0.15, 0.2) is 6.61 Å². The molecule has 0 saturated carbocycles. The molecular weight excluding hydrogens is 308 g/mol. The van der Waals surface area contributed by atoms with Crippen LogP contribution < -0.4 is 10.1 Å². The average molecular weight is 323 g/mol. The van der Waals surface area contributed by atoms with E-state index < -0.39 is 11.7 Å². The Bertz CT molecular complexity index is 650. The number of hydrogen-bond donors (Lipinski definition) is 1. The lowest BCUT2D eigenvalue weighted by molar-refractivity contribution is -0.118. The van der Waals surface area contributed by atoms with Crippen molar-refractivity contribution in [3.05, 3.63) is 54.1 Å². The monoisotopic (exact) mass is 323 g/mol. The van der Waals surface area contributed by atoms with Crippen LogP contribution in [0, 0.1) is 6.92 Å². The van der Waals surface area contributed by atoms with E-state index in [0.717, 1.165) is 5.56 Å². The van der Waals surface area contributed by atoms with Crippen LogP contribution in [-0.4, -0.2) is 18.3 Å². The lowest BCUT2D eigenvalue weighted by Crippen LogP contribution is -2.20. The van der Waals surface area contributed by atoms with Crippen molar-refractivity contribution in [1.29, 1.82) is 0 Å². The molecular formula is C16H15F2NO2S. The van der Waals surface area contributed by atoms with E-state index in [-0.39, 0.29) is 6.61 Å². The number of hydrogen-bond acceptors (Lipinski definition) is 3. The van der Waals surface area contributed by atoms with Crippen molar-refractivity contribution in [1.82, 2.24) is 0 Å². The molecule has 3 nitrogen and oxygen atoms in total. The van der Waals surface area contributed by atoms with Gasteiger partial charge in [0.25, 0.3) is 11.7 Å². The Morgan fingerprint density at radius 3 is 2.73 bits per heavy atom. The fourth-order valence-corrected chi connectivity index (χ4v) is 2.40. The standard InChI is InChI=1S/C16H15F2NO2S/c1-11-5-4-6-12(9-11)21-10-15(20)19-13-7-2-3-8-14(13)22-16(17)18/h2-9,16H,10H2,1H3,(H,19,20). The second kappa shape index (κ2) is 7.79. The van der Waals surface area contributed by atoms with E-state index in [1.165, 1.54) is 6.07 Å². The van der Waals surface area contributed by atoms with Gasteiger partial charge in [0.05, 0.1) is 5.69 Å². The highest BCUT2D eigenvalue weighted by atomic mass is 32.2. The molecule has 0 atom stereocenters. The summed E-state index contributed by atoms with van der Waals surface area (Å²) in [6.45, 7) is 1.74. The number of aryl methyl sites for hydroxylation is 1. The van der Waals surface area contributed by atoms with E-state index >= 15 is 0 Å². The molecule has 0 aromatic heterocycles. The number of carbonyl (C=O) groups is 1. The van der Waals surface area contributed by atoms with E-state index in [9.17, 15) is 13.6 Å². The van der Waals surface area contributed by atoms with Crippen molar-refractivity contribution in [3.8, 4) is 5.75 Å². The molecule has 0 spiro atoms. The molecule has 1 amide bonds. The van der Waals surface area contributed by atoms with Gasteiger partial charge in [-0.1, -0.05) is 36.0 Å². The first-order valence-corrected chi connectivity index (χ1v) is 7.46. The van der Waals surface area contributed by atoms with Gasteiger partial charge in [-0.05, 0) is 36.8 Å². The number of alkyl halides is 2. The third-order valence-corrected chi connectivity index (χ3v) is 3.52. The van der Waals surface area contributed by atoms with Crippen LogP contribution in [0.4, 0.5) is 14.5 Å². The lowest BCUT2D eigenvalue weighted by atomic mass is 10.2. The van der Waals surface area contributed by atoms with Crippen molar-refractivity contribution < 1.29 is 18.3 Å². The fourth-order valence-electron chi connectivity index (χ4n) is 1.81. The minimum atomic E-state index is -2.54. The predicted octanol–water partition coefficient (Wildman–Crippen LogP) is 4.33. The summed E-state index contributed by atoms with van der Waals surface area (Å²) in [6, 6.07) is 13.7. The summed E-state index contributed by atoms with van der Waals surface area (Å²) in [5.74, 6) is -2.35. The van der Waals surface area contributed by atoms with Crippen molar-refractivity contribution in [2.45, 2.75) is 17.6 Å². The molecule has 0 aliphatic rings. The molecule has 0 heterocycles. The maximum Gasteiger partial charge on any atom is 0.288 e. The molecule has 6 heteroatoms. The van der Waals surface area contributed by atoms with E-state index in [1.54, 1.807) is 24.3 Å². The van der Waals surface area contributed by atoms with Crippen molar-refractivity contribution in [2.24, 2.45) is 0 Å². The van der Waals surface area contributed by atoms with E-state index in [2.05, 4.69) is 5.32 Å². The molecule has 116 valence electrons. The number of anilines is 1. The number of para-hydroxylation sites is 1. The fraction of sp³-hybridized carbons (Fsp3) is 0.188. The van der Waals surface area contributed by atoms with Gasteiger partial charge in [0.1, 0.15) is 5.75 Å². The maximum absolute atomic E-state index is 12.5. The summed E-state index contributed by atoms with van der Waals surface area (Å²) in [7, 11) is 0. The number of nitrogens with one attached hydrogen (secondary N) is 1. The molecule has 0 fully saturated rings. The summed E-state index contributed by atoms with van der Waals surface area (Å²) in [5.41, 5.74) is 1.38. The number of benzene rings is 2. The van der Waals surface area contributed by atoms with Crippen molar-refractivity contribution >= 4 is 23.4 Å². The molecule has 22 heavy (non-hydrogen) atoms. The Labute approximate surface area is 131 Å². The summed E-state index contributed by atoms with van der Waals surface area (Å²) < 4.78 is 30.3. The second-order valence-corrected chi connectivity index (χ2v) is 5.56. The summed E-state index contributed by atoms with van der Waals surface area (Å²) in [6.07, 6.45) is 0. The number of ether oxygens (including phenoxy) is 1. The van der Waals surface area contributed by atoms with Gasteiger partial charge in [-0.3, -0.25) is 4.79 Å². The Hall–Kier alpha value is -2.08. The van der Waals surface area contributed by atoms with Gasteiger partial charge in [0.2, 0.25) is 0 Å². The third kappa shape index (κ3) is 5.04. The van der Waals surface area contributed by atoms with Crippen molar-refractivity contribution in [2.75, 3.05) is 11.9 Å². The second-order valence-electron chi connectivity index (χ2n) is 4.53. The first kappa shape index (κ1) is 16.3. The van der Waals surface area contributed by atoms with Crippen LogP contribution in [-0.2, 0) is 4.79 Å². The molecule has 0 aliphatic heterocycles. The molecule has 0 saturated heterocycles. The highest BCUT2D eigenvalue weighted by Crippen LogP contribution is 2.31. The van der Waals surface area contributed by atoms with Gasteiger partial charge in [-0.15, -0.1) is 0 Å². The smallest absolute Gasteiger partial charge is 0.288 e. The van der Waals surface area contributed by atoms with Crippen LogP contribution in [0.15, 0.2) is 53.4 Å². The number of amides is 1. The highest BCUT2D eigenvalue weighted by molar-refractivity contribution is 7.99. The van der Waals surface area contributed by atoms with Crippen LogP contribution in [0.3, 0.4) is 0 Å². The van der Waals surface area contributed by atoms with Crippen LogP contribution in [0.2, 0.25) is 0 Å². The quantitative estimate of drug-likeness (QED) is 0.804. The summed E-state index contributed by atoms with van der Waals surface area (Å²) >= 11 is 0.395. The zero-order valence-corrected chi connectivity index (χ0v) is 12.7. The molecule has 2 aromatic carbocycles. The van der Waals surface area contributed by atoms with Gasteiger partial charge >= 0.3 is 0 Å². The number of carbonyl (C=O) groups excluding carboxylic acids is 1. The first-order chi connectivity index (χ1) is 10.5. The molecule has 2 aromatic rings. The number of rotatable bonds is 6. The van der Waals surface area contributed by atoms with Crippen LogP contribution in [0.25, 0.3) is 0 Å². The van der Waals surface area contributed by atoms with E-state index in [4.69, 9.17) is 4.74 Å². The first-order valence-electron chi connectivity index (χ1n) is 6.58. The van der Waals surface area contributed by atoms with Gasteiger partial charge in [0, 0.05) is 4.90 Å². The number of thioether (sulfide) groups is 1.